The number of anilines is 1. The van der Waals surface area contributed by atoms with Crippen LogP contribution in [0, 0.1) is 5.92 Å². The Bertz CT molecular complexity index is 870. The first kappa shape index (κ1) is 24.5. The quantitative estimate of drug-likeness (QED) is 0.566. The molecule has 1 aliphatic rings. The fourth-order valence-electron chi connectivity index (χ4n) is 2.66. The highest BCUT2D eigenvalue weighted by atomic mass is 32.1. The van der Waals surface area contributed by atoms with Crippen molar-refractivity contribution in [3.63, 3.8) is 0 Å². The van der Waals surface area contributed by atoms with Gasteiger partial charge in [0.2, 0.25) is 0 Å². The van der Waals surface area contributed by atoms with E-state index in [2.05, 4.69) is 15.6 Å². The number of nitrogens with zero attached hydrogens (tertiary/aromatic N) is 1. The molecule has 0 bridgehead atoms. The number of carbonyl (C=O) groups is 2. The molecule has 0 saturated carbocycles. The largest absolute Gasteiger partial charge is 0.490 e. The van der Waals surface area contributed by atoms with Crippen molar-refractivity contribution in [3.8, 4) is 10.6 Å². The molecule has 1 amide bonds. The van der Waals surface area contributed by atoms with E-state index >= 15 is 0 Å². The number of aromatic nitrogens is 1. The average Bonchev–Trinajstić information content (AvgIpc) is 3.22. The number of halogens is 4. The predicted molar refractivity (Wildman–Crippen MR) is 107 cm³/mol. The number of para-hydroxylation sites is 1. The van der Waals surface area contributed by atoms with Gasteiger partial charge >= 0.3 is 18.2 Å². The molecule has 31 heavy (non-hydrogen) atoms. The molecule has 0 atom stereocenters. The highest BCUT2D eigenvalue weighted by molar-refractivity contribution is 7.13. The van der Waals surface area contributed by atoms with Crippen molar-refractivity contribution < 1.29 is 37.0 Å². The molecule has 7 nitrogen and oxygen atoms in total. The topological polar surface area (TPSA) is 101 Å². The van der Waals surface area contributed by atoms with E-state index in [0.29, 0.717) is 28.9 Å². The minimum Gasteiger partial charge on any atom is -0.475 e. The van der Waals surface area contributed by atoms with Crippen LogP contribution in [-0.2, 0) is 16.2 Å². The molecule has 0 spiro atoms. The van der Waals surface area contributed by atoms with Crippen LogP contribution in [0.3, 0.4) is 0 Å². The number of hydrogen-bond donors (Lipinski definition) is 3. The zero-order valence-corrected chi connectivity index (χ0v) is 17.1. The van der Waals surface area contributed by atoms with E-state index in [9.17, 15) is 22.4 Å². The molecule has 12 heteroatoms. The molecule has 170 valence electrons. The van der Waals surface area contributed by atoms with E-state index in [0.717, 1.165) is 31.5 Å². The van der Waals surface area contributed by atoms with E-state index < -0.39 is 24.9 Å². The van der Waals surface area contributed by atoms with Crippen molar-refractivity contribution >= 4 is 29.1 Å². The van der Waals surface area contributed by atoms with Gasteiger partial charge in [-0.2, -0.15) is 13.2 Å². The van der Waals surface area contributed by atoms with Crippen molar-refractivity contribution in [1.82, 2.24) is 10.3 Å². The molecule has 3 rings (SSSR count). The van der Waals surface area contributed by atoms with Crippen LogP contribution in [0.5, 0.6) is 0 Å². The zero-order chi connectivity index (χ0) is 22.9. The Balaban J connectivity index is 0.000000423. The van der Waals surface area contributed by atoms with E-state index in [1.54, 1.807) is 11.4 Å². The van der Waals surface area contributed by atoms with Gasteiger partial charge in [-0.15, -0.1) is 11.3 Å². The first-order valence-corrected chi connectivity index (χ1v) is 10.1. The lowest BCUT2D eigenvalue weighted by Gasteiger charge is -2.22. The van der Waals surface area contributed by atoms with Gasteiger partial charge in [-0.25, -0.2) is 19.0 Å². The molecule has 1 aromatic carbocycles. The van der Waals surface area contributed by atoms with E-state index in [1.807, 2.05) is 18.2 Å². The van der Waals surface area contributed by atoms with Crippen LogP contribution in [0.4, 0.5) is 28.0 Å². The number of alkyl halides is 4. The summed E-state index contributed by atoms with van der Waals surface area (Å²) in [7, 11) is 0. The first-order valence-electron chi connectivity index (χ1n) is 9.25. The molecule has 1 aromatic heterocycles. The third-order valence-corrected chi connectivity index (χ3v) is 5.16. The Morgan fingerprint density at radius 3 is 2.48 bits per heavy atom. The SMILES string of the molecule is O=C(Nc1ccccc1-c1nc(CF)cs1)OCC1CCNCC1.O=C(O)C(F)(F)F. The van der Waals surface area contributed by atoms with Crippen molar-refractivity contribution in [2.24, 2.45) is 5.92 Å². The fraction of sp³-hybridized carbons (Fsp3) is 0.421. The zero-order valence-electron chi connectivity index (χ0n) is 16.2. The predicted octanol–water partition coefficient (Wildman–Crippen LogP) is 4.46. The molecule has 3 N–H and O–H groups in total. The smallest absolute Gasteiger partial charge is 0.475 e. The van der Waals surface area contributed by atoms with Gasteiger partial charge in [-0.1, -0.05) is 12.1 Å². The van der Waals surface area contributed by atoms with Gasteiger partial charge in [0.1, 0.15) is 11.7 Å². The number of carboxylic acid groups (broad SMARTS) is 1. The number of thiazole rings is 1. The van der Waals surface area contributed by atoms with Crippen LogP contribution < -0.4 is 10.6 Å². The Morgan fingerprint density at radius 1 is 1.26 bits per heavy atom. The van der Waals surface area contributed by atoms with E-state index in [4.69, 9.17) is 14.6 Å². The summed E-state index contributed by atoms with van der Waals surface area (Å²) in [6.45, 7) is 1.78. The summed E-state index contributed by atoms with van der Waals surface area (Å²) in [6, 6.07) is 7.33. The standard InChI is InChI=1S/C17H20FN3O2S.C2HF3O2/c18-9-13-11-24-16(20-13)14-3-1-2-4-15(14)21-17(22)23-10-12-5-7-19-8-6-12;3-2(4,5)1(6)7/h1-4,11-12,19H,5-10H2,(H,21,22);(H,6,7). The molecular formula is C19H21F4N3O4S. The number of nitrogens with one attached hydrogen (secondary N) is 2. The Kier molecular flexibility index (Phi) is 9.19. The number of carbonyl (C=O) groups excluding carboxylic acids is 1. The molecule has 1 saturated heterocycles. The number of rotatable bonds is 5. The number of aliphatic carboxylic acids is 1. The molecule has 0 unspecified atom stereocenters. The maximum absolute atomic E-state index is 12.7. The van der Waals surface area contributed by atoms with Gasteiger partial charge in [0.25, 0.3) is 0 Å². The summed E-state index contributed by atoms with van der Waals surface area (Å²) in [5.74, 6) is -2.34. The van der Waals surface area contributed by atoms with E-state index in [1.165, 1.54) is 11.3 Å². The third kappa shape index (κ3) is 8.13. The number of ether oxygens (including phenoxy) is 1. The lowest BCUT2D eigenvalue weighted by atomic mass is 9.99. The number of amides is 1. The van der Waals surface area contributed by atoms with Gasteiger partial charge in [0.15, 0.2) is 0 Å². The summed E-state index contributed by atoms with van der Waals surface area (Å²) in [4.78, 5) is 25.2. The number of piperidine rings is 1. The lowest BCUT2D eigenvalue weighted by Crippen LogP contribution is -2.31. The monoisotopic (exact) mass is 463 g/mol. The average molecular weight is 463 g/mol. The summed E-state index contributed by atoms with van der Waals surface area (Å²) in [5, 5.41) is 15.5. The number of hydrogen-bond acceptors (Lipinski definition) is 6. The molecule has 1 aliphatic heterocycles. The minimum atomic E-state index is -5.08. The van der Waals surface area contributed by atoms with Crippen LogP contribution in [0.15, 0.2) is 29.6 Å². The summed E-state index contributed by atoms with van der Waals surface area (Å²) >= 11 is 1.35. The maximum Gasteiger partial charge on any atom is 0.490 e. The molecular weight excluding hydrogens is 442 g/mol. The van der Waals surface area contributed by atoms with Gasteiger partial charge in [-0.3, -0.25) is 5.32 Å². The van der Waals surface area contributed by atoms with Crippen molar-refractivity contribution in [1.29, 1.82) is 0 Å². The van der Waals surface area contributed by atoms with Gasteiger partial charge in [0.05, 0.1) is 18.0 Å². The first-order chi connectivity index (χ1) is 14.7. The molecule has 1 fully saturated rings. The number of benzene rings is 1. The summed E-state index contributed by atoms with van der Waals surface area (Å²) in [6.07, 6.45) is -3.51. The van der Waals surface area contributed by atoms with Crippen LogP contribution in [0.2, 0.25) is 0 Å². The second kappa shape index (κ2) is 11.6. The Hall–Kier alpha value is -2.73. The van der Waals surface area contributed by atoms with E-state index in [-0.39, 0.29) is 0 Å². The van der Waals surface area contributed by atoms with Crippen LogP contribution in [-0.4, -0.2) is 48.0 Å². The fourth-order valence-corrected chi connectivity index (χ4v) is 3.50. The summed E-state index contributed by atoms with van der Waals surface area (Å²) in [5.41, 5.74) is 1.78. The van der Waals surface area contributed by atoms with Crippen molar-refractivity contribution in [3.05, 3.63) is 35.3 Å². The lowest BCUT2D eigenvalue weighted by molar-refractivity contribution is -0.192. The molecule has 0 aliphatic carbocycles. The van der Waals surface area contributed by atoms with Crippen molar-refractivity contribution in [2.75, 3.05) is 25.0 Å². The third-order valence-electron chi connectivity index (χ3n) is 4.23. The van der Waals surface area contributed by atoms with Gasteiger partial charge < -0.3 is 15.2 Å². The Labute approximate surface area is 179 Å². The molecule has 0 radical (unpaired) electrons. The summed E-state index contributed by atoms with van der Waals surface area (Å²) < 4.78 is 49.8. The second-order valence-electron chi connectivity index (χ2n) is 6.54. The molecule has 2 heterocycles. The van der Waals surface area contributed by atoms with Crippen LogP contribution in [0.1, 0.15) is 18.5 Å². The van der Waals surface area contributed by atoms with Crippen LogP contribution >= 0.6 is 11.3 Å². The van der Waals surface area contributed by atoms with Crippen molar-refractivity contribution in [2.45, 2.75) is 25.7 Å². The van der Waals surface area contributed by atoms with Crippen LogP contribution in [0.25, 0.3) is 10.6 Å². The normalized spacial score (nSPS) is 14.3. The maximum atomic E-state index is 12.7. The second-order valence-corrected chi connectivity index (χ2v) is 7.40. The number of carboxylic acids is 1. The van der Waals surface area contributed by atoms with Gasteiger partial charge in [0, 0.05) is 10.9 Å². The Morgan fingerprint density at radius 2 is 1.90 bits per heavy atom. The minimum absolute atomic E-state index is 0.401. The highest BCUT2D eigenvalue weighted by Gasteiger charge is 2.38. The highest BCUT2D eigenvalue weighted by Crippen LogP contribution is 2.30. The molecule has 2 aromatic rings. The van der Waals surface area contributed by atoms with Gasteiger partial charge in [-0.05, 0) is 44.0 Å².